The second kappa shape index (κ2) is 12.9. The van der Waals surface area contributed by atoms with Crippen LogP contribution in [0, 0.1) is 6.92 Å². The van der Waals surface area contributed by atoms with Crippen molar-refractivity contribution in [1.29, 1.82) is 0 Å². The lowest BCUT2D eigenvalue weighted by Crippen LogP contribution is -2.33. The van der Waals surface area contributed by atoms with E-state index < -0.39 is 0 Å². The zero-order valence-corrected chi connectivity index (χ0v) is 22.4. The first kappa shape index (κ1) is 26.2. The van der Waals surface area contributed by atoms with Gasteiger partial charge in [-0.05, 0) is 57.8 Å². The lowest BCUT2D eigenvalue weighted by molar-refractivity contribution is 0.0751. The number of aryl methyl sites for hydroxylation is 1. The van der Waals surface area contributed by atoms with Gasteiger partial charge in [0.05, 0.1) is 5.52 Å². The number of fused-ring (bicyclic) bond motifs is 1. The van der Waals surface area contributed by atoms with Crippen molar-refractivity contribution >= 4 is 17.5 Å². The van der Waals surface area contributed by atoms with E-state index in [9.17, 15) is 4.79 Å². The molecule has 1 fully saturated rings. The normalized spacial score (nSPS) is 14.6. The predicted octanol–water partition coefficient (Wildman–Crippen LogP) is 6.85. The molecule has 1 aromatic carbocycles. The van der Waals surface area contributed by atoms with Gasteiger partial charge in [0.25, 0.3) is 5.91 Å². The number of rotatable bonds is 11. The molecule has 2 aromatic heterocycles. The third kappa shape index (κ3) is 6.44. The summed E-state index contributed by atoms with van der Waals surface area (Å²) in [7, 11) is 0. The fraction of sp³-hybridized carbons (Fsp3) is 0.484. The summed E-state index contributed by atoms with van der Waals surface area (Å²) in [5, 5.41) is 4.95. The summed E-state index contributed by atoms with van der Waals surface area (Å²) < 4.78 is 1.93. The Morgan fingerprint density at radius 2 is 1.69 bits per heavy atom. The Morgan fingerprint density at radius 3 is 2.36 bits per heavy atom. The first-order valence-corrected chi connectivity index (χ1v) is 13.9. The van der Waals surface area contributed by atoms with Crippen LogP contribution in [-0.2, 0) is 0 Å². The molecule has 0 bridgehead atoms. The minimum atomic E-state index is 0.126. The third-order valence-corrected chi connectivity index (χ3v) is 7.19. The molecule has 0 unspecified atom stereocenters. The van der Waals surface area contributed by atoms with Crippen LogP contribution in [0.25, 0.3) is 22.9 Å². The summed E-state index contributed by atoms with van der Waals surface area (Å²) in [4.78, 5) is 18.1. The van der Waals surface area contributed by atoms with E-state index in [1.54, 1.807) is 0 Å². The molecule has 1 saturated heterocycles. The molecule has 5 nitrogen and oxygen atoms in total. The molecule has 5 heteroatoms. The second-order valence-corrected chi connectivity index (χ2v) is 10.1. The fourth-order valence-electron chi connectivity index (χ4n) is 4.94. The number of likely N-dealkylation sites (tertiary alicyclic amines) is 1. The van der Waals surface area contributed by atoms with Crippen molar-refractivity contribution in [3.8, 4) is 11.3 Å². The van der Waals surface area contributed by atoms with Crippen LogP contribution in [0.5, 0.6) is 0 Å². The summed E-state index contributed by atoms with van der Waals surface area (Å²) in [6.07, 6.45) is 14.6. The molecular formula is C31H42N4O. The number of hydrogen-bond donors (Lipinski definition) is 0. The van der Waals surface area contributed by atoms with E-state index in [4.69, 9.17) is 5.10 Å². The zero-order chi connectivity index (χ0) is 25.3. The minimum absolute atomic E-state index is 0.126. The topological polar surface area (TPSA) is 40.9 Å². The fourth-order valence-corrected chi connectivity index (χ4v) is 4.94. The molecule has 0 atom stereocenters. The number of carbonyl (C=O) groups is 1. The monoisotopic (exact) mass is 486 g/mol. The number of pyridine rings is 1. The van der Waals surface area contributed by atoms with Crippen molar-refractivity contribution in [2.24, 2.45) is 0 Å². The van der Waals surface area contributed by atoms with Gasteiger partial charge in [-0.2, -0.15) is 5.10 Å². The maximum atomic E-state index is 13.5. The van der Waals surface area contributed by atoms with Crippen molar-refractivity contribution in [3.63, 3.8) is 0 Å². The number of nitrogens with zero attached hydrogens (tertiary/aromatic N) is 4. The van der Waals surface area contributed by atoms with Gasteiger partial charge in [0.15, 0.2) is 0 Å². The Bertz CT molecular complexity index is 1150. The van der Waals surface area contributed by atoms with Gasteiger partial charge in [-0.1, -0.05) is 75.1 Å². The highest BCUT2D eigenvalue weighted by Gasteiger charge is 2.19. The molecule has 1 amide bonds. The van der Waals surface area contributed by atoms with Gasteiger partial charge in [0, 0.05) is 42.5 Å². The van der Waals surface area contributed by atoms with E-state index in [0.29, 0.717) is 0 Å². The highest BCUT2D eigenvalue weighted by molar-refractivity contribution is 5.96. The Kier molecular flexibility index (Phi) is 9.35. The van der Waals surface area contributed by atoms with Crippen LogP contribution in [0.3, 0.4) is 0 Å². The van der Waals surface area contributed by atoms with Gasteiger partial charge in [-0.25, -0.2) is 4.52 Å². The average molecular weight is 487 g/mol. The van der Waals surface area contributed by atoms with Crippen molar-refractivity contribution in [2.75, 3.05) is 32.7 Å². The second-order valence-electron chi connectivity index (χ2n) is 10.1. The molecule has 0 saturated carbocycles. The van der Waals surface area contributed by atoms with Crippen molar-refractivity contribution in [1.82, 2.24) is 19.4 Å². The molecule has 36 heavy (non-hydrogen) atoms. The summed E-state index contributed by atoms with van der Waals surface area (Å²) in [6.45, 7) is 11.4. The number of amides is 1. The predicted molar refractivity (Wildman–Crippen MR) is 150 cm³/mol. The first-order valence-electron chi connectivity index (χ1n) is 13.9. The van der Waals surface area contributed by atoms with E-state index in [0.717, 1.165) is 73.2 Å². The smallest absolute Gasteiger partial charge is 0.253 e. The molecule has 0 N–H and O–H groups in total. The van der Waals surface area contributed by atoms with Crippen LogP contribution in [0.2, 0.25) is 0 Å². The van der Waals surface area contributed by atoms with Crippen LogP contribution in [0.15, 0.2) is 48.7 Å². The SMILES string of the molecule is CCCCN(CCCC)C(=O)c1ccn2nc(-c3ccc(C)cc3)c(/C=C/CN3CCCCC3)c2c1. The Labute approximate surface area is 216 Å². The molecule has 0 radical (unpaired) electrons. The van der Waals surface area contributed by atoms with Crippen LogP contribution in [-0.4, -0.2) is 58.0 Å². The summed E-state index contributed by atoms with van der Waals surface area (Å²) in [5.74, 6) is 0.126. The molecule has 1 aliphatic heterocycles. The van der Waals surface area contributed by atoms with Crippen LogP contribution in [0.4, 0.5) is 0 Å². The van der Waals surface area contributed by atoms with E-state index in [-0.39, 0.29) is 5.91 Å². The summed E-state index contributed by atoms with van der Waals surface area (Å²) >= 11 is 0. The summed E-state index contributed by atoms with van der Waals surface area (Å²) in [5.41, 5.74) is 6.11. The van der Waals surface area contributed by atoms with Crippen LogP contribution < -0.4 is 0 Å². The number of hydrogen-bond acceptors (Lipinski definition) is 3. The van der Waals surface area contributed by atoms with Gasteiger partial charge in [-0.15, -0.1) is 0 Å². The molecule has 192 valence electrons. The number of carbonyl (C=O) groups excluding carboxylic acids is 1. The van der Waals surface area contributed by atoms with Crippen molar-refractivity contribution in [2.45, 2.75) is 65.7 Å². The molecule has 0 aliphatic carbocycles. The highest BCUT2D eigenvalue weighted by atomic mass is 16.2. The summed E-state index contributed by atoms with van der Waals surface area (Å²) in [6, 6.07) is 12.5. The number of piperidine rings is 1. The maximum absolute atomic E-state index is 13.5. The number of benzene rings is 1. The highest BCUT2D eigenvalue weighted by Crippen LogP contribution is 2.29. The van der Waals surface area contributed by atoms with E-state index >= 15 is 0 Å². The molecule has 1 aliphatic rings. The Hall–Kier alpha value is -2.92. The third-order valence-electron chi connectivity index (χ3n) is 7.19. The lowest BCUT2D eigenvalue weighted by Gasteiger charge is -2.24. The van der Waals surface area contributed by atoms with Crippen molar-refractivity contribution in [3.05, 3.63) is 65.4 Å². The van der Waals surface area contributed by atoms with Gasteiger partial charge >= 0.3 is 0 Å². The Balaban J connectivity index is 1.69. The van der Waals surface area contributed by atoms with Gasteiger partial charge in [0.2, 0.25) is 0 Å². The van der Waals surface area contributed by atoms with Crippen molar-refractivity contribution < 1.29 is 4.79 Å². The number of unbranched alkanes of at least 4 members (excludes halogenated alkanes) is 2. The zero-order valence-electron chi connectivity index (χ0n) is 22.4. The average Bonchev–Trinajstić information content (AvgIpc) is 3.27. The quantitative estimate of drug-likeness (QED) is 0.297. The first-order chi connectivity index (χ1) is 17.6. The largest absolute Gasteiger partial charge is 0.339 e. The minimum Gasteiger partial charge on any atom is -0.339 e. The Morgan fingerprint density at radius 1 is 1.00 bits per heavy atom. The van der Waals surface area contributed by atoms with E-state index in [1.807, 2.05) is 27.7 Å². The van der Waals surface area contributed by atoms with Gasteiger partial charge in [0.1, 0.15) is 5.69 Å². The van der Waals surface area contributed by atoms with Gasteiger partial charge < -0.3 is 4.90 Å². The molecule has 3 aromatic rings. The molecule has 4 rings (SSSR count). The van der Waals surface area contributed by atoms with Gasteiger partial charge in [-0.3, -0.25) is 9.69 Å². The number of aromatic nitrogens is 2. The molecule has 0 spiro atoms. The standard InChI is InChI=1S/C31H42N4O/c1-4-6-21-34(22-7-5-2)31(36)27-17-23-35-29(24-27)28(12-11-20-33-18-9-8-10-19-33)30(32-35)26-15-13-25(3)14-16-26/h11-17,23-24H,4-10,18-22H2,1-3H3/b12-11+. The molecular weight excluding hydrogens is 444 g/mol. The maximum Gasteiger partial charge on any atom is 0.253 e. The van der Waals surface area contributed by atoms with E-state index in [2.05, 4.69) is 62.1 Å². The van der Waals surface area contributed by atoms with E-state index in [1.165, 1.54) is 37.9 Å². The molecule has 3 heterocycles. The van der Waals surface area contributed by atoms with Crippen LogP contribution >= 0.6 is 0 Å². The van der Waals surface area contributed by atoms with Crippen LogP contribution in [0.1, 0.15) is 80.3 Å². The lowest BCUT2D eigenvalue weighted by atomic mass is 10.0.